The van der Waals surface area contributed by atoms with E-state index in [1.54, 1.807) is 0 Å². The molecule has 4 nitrogen and oxygen atoms in total. The van der Waals surface area contributed by atoms with E-state index in [4.69, 9.17) is 4.74 Å². The van der Waals surface area contributed by atoms with E-state index < -0.39 is 0 Å². The zero-order valence-electron chi connectivity index (χ0n) is 10.00. The number of hydrogen-bond acceptors (Lipinski definition) is 3. The third kappa shape index (κ3) is 2.95. The van der Waals surface area contributed by atoms with Gasteiger partial charge in [-0.2, -0.15) is 0 Å². The minimum atomic E-state index is 0.0132. The molecule has 1 amide bonds. The van der Waals surface area contributed by atoms with Crippen LogP contribution in [0.3, 0.4) is 0 Å². The molecule has 0 aromatic rings. The third-order valence-electron chi connectivity index (χ3n) is 3.68. The van der Waals surface area contributed by atoms with Gasteiger partial charge >= 0.3 is 0 Å². The van der Waals surface area contributed by atoms with Gasteiger partial charge < -0.3 is 15.4 Å². The molecule has 3 atom stereocenters. The zero-order chi connectivity index (χ0) is 11.4. The van der Waals surface area contributed by atoms with Gasteiger partial charge in [-0.05, 0) is 31.7 Å². The normalized spacial score (nSPS) is 34.9. The fraction of sp³-hybridized carbons (Fsp3) is 0.917. The Kier molecular flexibility index (Phi) is 4.18. The van der Waals surface area contributed by atoms with Crippen molar-refractivity contribution < 1.29 is 9.53 Å². The van der Waals surface area contributed by atoms with Crippen LogP contribution in [0, 0.1) is 5.92 Å². The van der Waals surface area contributed by atoms with E-state index in [9.17, 15) is 4.79 Å². The van der Waals surface area contributed by atoms with Gasteiger partial charge in [-0.15, -0.1) is 0 Å². The van der Waals surface area contributed by atoms with E-state index in [1.807, 2.05) is 0 Å². The monoisotopic (exact) mass is 226 g/mol. The smallest absolute Gasteiger partial charge is 0.237 e. The molecule has 0 bridgehead atoms. The molecule has 16 heavy (non-hydrogen) atoms. The van der Waals surface area contributed by atoms with Crippen LogP contribution in [0.25, 0.3) is 0 Å². The average Bonchev–Trinajstić information content (AvgIpc) is 2.82. The Morgan fingerprint density at radius 3 is 3.06 bits per heavy atom. The first-order valence-corrected chi connectivity index (χ1v) is 6.41. The predicted molar refractivity (Wildman–Crippen MR) is 62.2 cm³/mol. The van der Waals surface area contributed by atoms with Crippen molar-refractivity contribution in [2.24, 2.45) is 5.92 Å². The molecular weight excluding hydrogens is 204 g/mol. The van der Waals surface area contributed by atoms with Gasteiger partial charge in [0, 0.05) is 6.61 Å². The molecule has 92 valence electrons. The zero-order valence-corrected chi connectivity index (χ0v) is 10.00. The van der Waals surface area contributed by atoms with E-state index in [2.05, 4.69) is 17.6 Å². The number of hydrogen-bond donors (Lipinski definition) is 2. The summed E-state index contributed by atoms with van der Waals surface area (Å²) in [7, 11) is 0. The molecule has 0 aromatic carbocycles. The van der Waals surface area contributed by atoms with Gasteiger partial charge in [0.1, 0.15) is 0 Å². The van der Waals surface area contributed by atoms with Crippen molar-refractivity contribution in [2.45, 2.75) is 44.7 Å². The van der Waals surface area contributed by atoms with Crippen LogP contribution in [0.5, 0.6) is 0 Å². The topological polar surface area (TPSA) is 50.4 Å². The summed E-state index contributed by atoms with van der Waals surface area (Å²) >= 11 is 0. The van der Waals surface area contributed by atoms with Crippen LogP contribution in [0.1, 0.15) is 32.6 Å². The summed E-state index contributed by atoms with van der Waals surface area (Å²) in [5.41, 5.74) is 0. The summed E-state index contributed by atoms with van der Waals surface area (Å²) in [6, 6.07) is 0.246. The van der Waals surface area contributed by atoms with E-state index in [1.165, 1.54) is 12.8 Å². The molecular formula is C12H22N2O2. The fourth-order valence-electron chi connectivity index (χ4n) is 2.52. The van der Waals surface area contributed by atoms with Gasteiger partial charge in [-0.3, -0.25) is 4.79 Å². The Morgan fingerprint density at radius 1 is 1.50 bits per heavy atom. The summed E-state index contributed by atoms with van der Waals surface area (Å²) in [6.07, 6.45) is 4.32. The lowest BCUT2D eigenvalue weighted by Gasteiger charge is -2.29. The lowest BCUT2D eigenvalue weighted by Crippen LogP contribution is -2.51. The average molecular weight is 226 g/mol. The number of piperidine rings is 1. The van der Waals surface area contributed by atoms with Crippen molar-refractivity contribution >= 4 is 5.91 Å². The molecule has 2 aliphatic heterocycles. The van der Waals surface area contributed by atoms with Gasteiger partial charge in [0.2, 0.25) is 5.91 Å². The SMILES string of the molecule is CCC1CCNC(C(=O)NC2CCOC2)C1. The van der Waals surface area contributed by atoms with E-state index in [-0.39, 0.29) is 18.0 Å². The van der Waals surface area contributed by atoms with Crippen molar-refractivity contribution in [1.82, 2.24) is 10.6 Å². The maximum Gasteiger partial charge on any atom is 0.237 e. The second-order valence-electron chi connectivity index (χ2n) is 4.87. The highest BCUT2D eigenvalue weighted by Crippen LogP contribution is 2.19. The second-order valence-corrected chi connectivity index (χ2v) is 4.87. The van der Waals surface area contributed by atoms with Crippen LogP contribution in [-0.4, -0.2) is 37.7 Å². The lowest BCUT2D eigenvalue weighted by molar-refractivity contribution is -0.124. The molecule has 3 unspecified atom stereocenters. The molecule has 0 aromatic heterocycles. The van der Waals surface area contributed by atoms with Crippen LogP contribution < -0.4 is 10.6 Å². The molecule has 2 saturated heterocycles. The molecule has 2 heterocycles. The first kappa shape index (κ1) is 11.9. The first-order valence-electron chi connectivity index (χ1n) is 6.41. The van der Waals surface area contributed by atoms with Gasteiger partial charge in [-0.1, -0.05) is 13.3 Å². The number of carbonyl (C=O) groups excluding carboxylic acids is 1. The van der Waals surface area contributed by atoms with Crippen molar-refractivity contribution in [3.63, 3.8) is 0 Å². The molecule has 2 N–H and O–H groups in total. The standard InChI is InChI=1S/C12H22N2O2/c1-2-9-3-5-13-11(7-9)12(15)14-10-4-6-16-8-10/h9-11,13H,2-8H2,1H3,(H,14,15). The molecule has 0 radical (unpaired) electrons. The quantitative estimate of drug-likeness (QED) is 0.743. The molecule has 2 rings (SSSR count). The highest BCUT2D eigenvalue weighted by atomic mass is 16.5. The number of amides is 1. The summed E-state index contributed by atoms with van der Waals surface area (Å²) in [5.74, 6) is 0.866. The molecule has 2 aliphatic rings. The fourth-order valence-corrected chi connectivity index (χ4v) is 2.52. The molecule has 2 fully saturated rings. The summed E-state index contributed by atoms with van der Waals surface area (Å²) < 4.78 is 5.25. The van der Waals surface area contributed by atoms with Crippen molar-refractivity contribution in [1.29, 1.82) is 0 Å². The highest BCUT2D eigenvalue weighted by molar-refractivity contribution is 5.82. The molecule has 0 saturated carbocycles. The largest absolute Gasteiger partial charge is 0.379 e. The van der Waals surface area contributed by atoms with Gasteiger partial charge in [0.15, 0.2) is 0 Å². The third-order valence-corrected chi connectivity index (χ3v) is 3.68. The van der Waals surface area contributed by atoms with Crippen molar-refractivity contribution in [3.05, 3.63) is 0 Å². The summed E-state index contributed by atoms with van der Waals surface area (Å²) in [5, 5.41) is 6.37. The summed E-state index contributed by atoms with van der Waals surface area (Å²) in [4.78, 5) is 12.0. The Balaban J connectivity index is 1.79. The highest BCUT2D eigenvalue weighted by Gasteiger charge is 2.28. The summed E-state index contributed by atoms with van der Waals surface area (Å²) in [6.45, 7) is 4.63. The van der Waals surface area contributed by atoms with Crippen LogP contribution in [0.4, 0.5) is 0 Å². The number of carbonyl (C=O) groups is 1. The number of rotatable bonds is 3. The maximum absolute atomic E-state index is 12.0. The second kappa shape index (κ2) is 5.64. The van der Waals surface area contributed by atoms with Crippen molar-refractivity contribution in [2.75, 3.05) is 19.8 Å². The van der Waals surface area contributed by atoms with Gasteiger partial charge in [-0.25, -0.2) is 0 Å². The van der Waals surface area contributed by atoms with Crippen LogP contribution in [-0.2, 0) is 9.53 Å². The lowest BCUT2D eigenvalue weighted by atomic mass is 9.90. The minimum absolute atomic E-state index is 0.0132. The Hall–Kier alpha value is -0.610. The molecule has 0 spiro atoms. The number of ether oxygens (including phenoxy) is 1. The van der Waals surface area contributed by atoms with Crippen LogP contribution >= 0.6 is 0 Å². The Labute approximate surface area is 97.1 Å². The number of nitrogens with one attached hydrogen (secondary N) is 2. The van der Waals surface area contributed by atoms with Gasteiger partial charge in [0.05, 0.1) is 18.7 Å². The minimum Gasteiger partial charge on any atom is -0.379 e. The van der Waals surface area contributed by atoms with Gasteiger partial charge in [0.25, 0.3) is 0 Å². The molecule has 0 aliphatic carbocycles. The van der Waals surface area contributed by atoms with E-state index in [0.29, 0.717) is 12.5 Å². The molecule has 4 heteroatoms. The predicted octanol–water partition coefficient (Wildman–Crippen LogP) is 0.670. The van der Waals surface area contributed by atoms with E-state index in [0.717, 1.165) is 26.0 Å². The first-order chi connectivity index (χ1) is 7.79. The van der Waals surface area contributed by atoms with Crippen LogP contribution in [0.2, 0.25) is 0 Å². The Bertz CT molecular complexity index is 239. The Morgan fingerprint density at radius 2 is 2.38 bits per heavy atom. The maximum atomic E-state index is 12.0. The van der Waals surface area contributed by atoms with Crippen LogP contribution in [0.15, 0.2) is 0 Å². The van der Waals surface area contributed by atoms with E-state index >= 15 is 0 Å². The van der Waals surface area contributed by atoms with Crippen molar-refractivity contribution in [3.8, 4) is 0 Å².